The zero-order valence-electron chi connectivity index (χ0n) is 11.8. The lowest BCUT2D eigenvalue weighted by molar-refractivity contribution is -0.137. The average molecular weight is 360 g/mol. The molecule has 5 heteroatoms. The van der Waals surface area contributed by atoms with Crippen molar-refractivity contribution in [2.24, 2.45) is 5.92 Å². The van der Waals surface area contributed by atoms with E-state index in [2.05, 4.69) is 21.2 Å². The first kappa shape index (κ1) is 14.9. The third-order valence-electron chi connectivity index (χ3n) is 4.06. The molecule has 3 rings (SSSR count). The van der Waals surface area contributed by atoms with Gasteiger partial charge in [0.15, 0.2) is 11.4 Å². The zero-order valence-corrected chi connectivity index (χ0v) is 13.4. The van der Waals surface area contributed by atoms with E-state index in [1.54, 1.807) is 49.4 Å². The molecule has 2 atom stereocenters. The summed E-state index contributed by atoms with van der Waals surface area (Å²) in [5.74, 6) is -1.74. The summed E-state index contributed by atoms with van der Waals surface area (Å²) in [5, 5.41) is 13.6. The maximum Gasteiger partial charge on any atom is 0.261 e. The van der Waals surface area contributed by atoms with Crippen LogP contribution in [0.1, 0.15) is 22.8 Å². The largest absolute Gasteiger partial charge is 0.375 e. The summed E-state index contributed by atoms with van der Waals surface area (Å²) >= 11 is 3.33. The number of carbonyl (C=O) groups excluding carboxylic acids is 2. The monoisotopic (exact) mass is 359 g/mol. The van der Waals surface area contributed by atoms with Crippen molar-refractivity contribution in [3.63, 3.8) is 0 Å². The van der Waals surface area contributed by atoms with Crippen molar-refractivity contribution in [1.82, 2.24) is 0 Å². The number of anilines is 1. The highest BCUT2D eigenvalue weighted by Crippen LogP contribution is 2.43. The number of aliphatic hydroxyl groups is 1. The fraction of sp³-hybridized carbons (Fsp3) is 0.176. The molecule has 1 aliphatic rings. The Morgan fingerprint density at radius 2 is 1.91 bits per heavy atom. The fourth-order valence-corrected chi connectivity index (χ4v) is 3.11. The van der Waals surface area contributed by atoms with Gasteiger partial charge in [-0.3, -0.25) is 9.59 Å². The molecule has 0 saturated carbocycles. The highest BCUT2D eigenvalue weighted by atomic mass is 79.9. The lowest BCUT2D eigenvalue weighted by atomic mass is 9.79. The second-order valence-corrected chi connectivity index (χ2v) is 6.28. The molecule has 0 fully saturated rings. The highest BCUT2D eigenvalue weighted by molar-refractivity contribution is 9.10. The summed E-state index contributed by atoms with van der Waals surface area (Å²) in [4.78, 5) is 24.9. The van der Waals surface area contributed by atoms with Crippen LogP contribution in [0.4, 0.5) is 5.69 Å². The van der Waals surface area contributed by atoms with Gasteiger partial charge in [0.2, 0.25) is 0 Å². The third kappa shape index (κ3) is 2.17. The fourth-order valence-electron chi connectivity index (χ4n) is 2.75. The Balaban J connectivity index is 2.05. The van der Waals surface area contributed by atoms with Gasteiger partial charge in [0, 0.05) is 21.3 Å². The van der Waals surface area contributed by atoms with Crippen LogP contribution in [0.5, 0.6) is 0 Å². The summed E-state index contributed by atoms with van der Waals surface area (Å²) < 4.78 is 0.737. The van der Waals surface area contributed by atoms with Crippen LogP contribution in [0.2, 0.25) is 0 Å². The molecule has 2 aromatic rings. The Hall–Kier alpha value is -1.98. The van der Waals surface area contributed by atoms with E-state index < -0.39 is 17.4 Å². The Bertz CT molecular complexity index is 760. The molecule has 2 N–H and O–H groups in total. The minimum Gasteiger partial charge on any atom is -0.375 e. The number of amides is 1. The summed E-state index contributed by atoms with van der Waals surface area (Å²) in [6, 6.07) is 13.8. The quantitative estimate of drug-likeness (QED) is 0.827. The van der Waals surface area contributed by atoms with Crippen molar-refractivity contribution in [3.8, 4) is 0 Å². The van der Waals surface area contributed by atoms with Gasteiger partial charge in [-0.15, -0.1) is 0 Å². The molecule has 0 saturated heterocycles. The number of hydrogen-bond donors (Lipinski definition) is 2. The lowest BCUT2D eigenvalue weighted by Crippen LogP contribution is -2.44. The van der Waals surface area contributed by atoms with Crippen LogP contribution in [-0.4, -0.2) is 16.8 Å². The molecule has 0 spiro atoms. The van der Waals surface area contributed by atoms with Crippen LogP contribution in [0.25, 0.3) is 0 Å². The van der Waals surface area contributed by atoms with Gasteiger partial charge in [-0.25, -0.2) is 0 Å². The van der Waals surface area contributed by atoms with Crippen molar-refractivity contribution >= 4 is 33.3 Å². The second kappa shape index (κ2) is 5.34. The van der Waals surface area contributed by atoms with E-state index >= 15 is 0 Å². The first-order chi connectivity index (χ1) is 10.4. The zero-order chi connectivity index (χ0) is 15.9. The van der Waals surface area contributed by atoms with E-state index in [9.17, 15) is 14.7 Å². The number of ketones is 1. The van der Waals surface area contributed by atoms with Gasteiger partial charge in [0.05, 0.1) is 5.92 Å². The number of fused-ring (bicyclic) bond motifs is 1. The van der Waals surface area contributed by atoms with Crippen molar-refractivity contribution in [2.75, 3.05) is 5.32 Å². The van der Waals surface area contributed by atoms with E-state index in [-0.39, 0.29) is 5.78 Å². The Morgan fingerprint density at radius 3 is 2.59 bits per heavy atom. The number of carbonyl (C=O) groups is 2. The first-order valence-electron chi connectivity index (χ1n) is 6.87. The van der Waals surface area contributed by atoms with Gasteiger partial charge < -0.3 is 10.4 Å². The van der Waals surface area contributed by atoms with Crippen LogP contribution in [0.15, 0.2) is 53.0 Å². The van der Waals surface area contributed by atoms with E-state index in [1.807, 2.05) is 6.07 Å². The standard InChI is InChI=1S/C17H14BrNO3/c1-10(15(20)11-5-3-2-4-6-11)17(22)13-9-12(18)7-8-14(13)19-16(17)21/h2-10,22H,1H3,(H,19,21)/t10-,17-/m1/s1. The predicted octanol–water partition coefficient (Wildman–Crippen LogP) is 3.11. The van der Waals surface area contributed by atoms with Gasteiger partial charge in [0.1, 0.15) is 0 Å². The van der Waals surface area contributed by atoms with Gasteiger partial charge in [0.25, 0.3) is 5.91 Å². The van der Waals surface area contributed by atoms with Crippen molar-refractivity contribution in [1.29, 1.82) is 0 Å². The smallest absolute Gasteiger partial charge is 0.261 e. The number of benzene rings is 2. The van der Waals surface area contributed by atoms with Crippen LogP contribution < -0.4 is 5.32 Å². The van der Waals surface area contributed by atoms with Gasteiger partial charge in [-0.1, -0.05) is 53.2 Å². The summed E-state index contributed by atoms with van der Waals surface area (Å²) in [5.41, 5.74) is -0.446. The van der Waals surface area contributed by atoms with Gasteiger partial charge in [-0.05, 0) is 18.2 Å². The van der Waals surface area contributed by atoms with E-state index in [0.717, 1.165) is 4.47 Å². The Kier molecular flexibility index (Phi) is 3.62. The van der Waals surface area contributed by atoms with Crippen molar-refractivity contribution in [3.05, 3.63) is 64.1 Å². The molecule has 1 amide bonds. The maximum absolute atomic E-state index is 12.6. The van der Waals surface area contributed by atoms with Crippen molar-refractivity contribution in [2.45, 2.75) is 12.5 Å². The second-order valence-electron chi connectivity index (χ2n) is 5.36. The van der Waals surface area contributed by atoms with Crippen LogP contribution in [-0.2, 0) is 10.4 Å². The molecule has 0 aliphatic carbocycles. The van der Waals surface area contributed by atoms with E-state index in [0.29, 0.717) is 16.8 Å². The number of hydrogen-bond acceptors (Lipinski definition) is 3. The van der Waals surface area contributed by atoms with Gasteiger partial charge in [-0.2, -0.15) is 0 Å². The maximum atomic E-state index is 12.6. The predicted molar refractivity (Wildman–Crippen MR) is 86.6 cm³/mol. The van der Waals surface area contributed by atoms with Crippen LogP contribution >= 0.6 is 15.9 Å². The third-order valence-corrected chi connectivity index (χ3v) is 4.56. The first-order valence-corrected chi connectivity index (χ1v) is 7.67. The molecule has 112 valence electrons. The minimum atomic E-state index is -1.87. The average Bonchev–Trinajstić information content (AvgIpc) is 2.79. The molecule has 0 unspecified atom stereocenters. The number of halogens is 1. The lowest BCUT2D eigenvalue weighted by Gasteiger charge is -2.27. The Labute approximate surface area is 136 Å². The van der Waals surface area contributed by atoms with Crippen LogP contribution in [0, 0.1) is 5.92 Å². The molecule has 2 aromatic carbocycles. The van der Waals surface area contributed by atoms with E-state index in [1.165, 1.54) is 0 Å². The molecule has 4 nitrogen and oxygen atoms in total. The molecule has 1 heterocycles. The van der Waals surface area contributed by atoms with Crippen LogP contribution in [0.3, 0.4) is 0 Å². The molecule has 22 heavy (non-hydrogen) atoms. The van der Waals surface area contributed by atoms with Crippen molar-refractivity contribution < 1.29 is 14.7 Å². The summed E-state index contributed by atoms with van der Waals surface area (Å²) in [6.45, 7) is 1.57. The minimum absolute atomic E-state index is 0.272. The van der Waals surface area contributed by atoms with E-state index in [4.69, 9.17) is 0 Å². The molecule has 1 aliphatic heterocycles. The molecular weight excluding hydrogens is 346 g/mol. The Morgan fingerprint density at radius 1 is 1.23 bits per heavy atom. The highest BCUT2D eigenvalue weighted by Gasteiger charge is 2.52. The number of Topliss-reactive ketones (excluding diaryl/α,β-unsaturated/α-hetero) is 1. The summed E-state index contributed by atoms with van der Waals surface area (Å²) in [7, 11) is 0. The molecular formula is C17H14BrNO3. The molecule has 0 aromatic heterocycles. The molecule has 0 bridgehead atoms. The normalized spacial score (nSPS) is 21.1. The molecule has 0 radical (unpaired) electrons. The summed E-state index contributed by atoms with van der Waals surface area (Å²) in [6.07, 6.45) is 0. The topological polar surface area (TPSA) is 66.4 Å². The SMILES string of the molecule is C[C@H](C(=O)c1ccccc1)[C@]1(O)C(=O)Nc2ccc(Br)cc21. The number of rotatable bonds is 3. The van der Waals surface area contributed by atoms with Gasteiger partial charge >= 0.3 is 0 Å². The number of nitrogens with one attached hydrogen (secondary N) is 1.